The number of hydrogen-bond donors (Lipinski definition) is 0. The van der Waals surface area contributed by atoms with Gasteiger partial charge in [-0.1, -0.05) is 33.6 Å². The molecule has 3 rings (SSSR count). The van der Waals surface area contributed by atoms with Gasteiger partial charge in [-0.05, 0) is 37.7 Å². The smallest absolute Gasteiger partial charge is 0.137 e. The van der Waals surface area contributed by atoms with Crippen molar-refractivity contribution >= 4 is 27.5 Å². The van der Waals surface area contributed by atoms with Crippen molar-refractivity contribution in [1.82, 2.24) is 0 Å². The lowest BCUT2D eigenvalue weighted by Crippen LogP contribution is -2.30. The highest BCUT2D eigenvalue weighted by Crippen LogP contribution is 2.49. The van der Waals surface area contributed by atoms with E-state index in [0.717, 1.165) is 23.6 Å². The number of fused-ring (bicyclic) bond motifs is 3. The molecule has 0 aromatic carbocycles. The topological polar surface area (TPSA) is 9.23 Å². The molecule has 1 aliphatic heterocycles. The molecule has 0 spiro atoms. The SMILES string of the molecule is ClC1=C2OC3CCCC(Br)C3C2=CCC1. The van der Waals surface area contributed by atoms with Crippen LogP contribution in [0.15, 0.2) is 22.4 Å². The quantitative estimate of drug-likeness (QED) is 0.610. The summed E-state index contributed by atoms with van der Waals surface area (Å²) < 4.78 is 6.00. The van der Waals surface area contributed by atoms with Crippen LogP contribution in [0, 0.1) is 5.92 Å². The summed E-state index contributed by atoms with van der Waals surface area (Å²) in [5.74, 6) is 1.55. The lowest BCUT2D eigenvalue weighted by atomic mass is 9.81. The lowest BCUT2D eigenvalue weighted by Gasteiger charge is -2.28. The van der Waals surface area contributed by atoms with Gasteiger partial charge in [0.1, 0.15) is 11.9 Å². The van der Waals surface area contributed by atoms with Crippen LogP contribution in [0.4, 0.5) is 0 Å². The van der Waals surface area contributed by atoms with E-state index in [1.54, 1.807) is 0 Å². The minimum absolute atomic E-state index is 0.372. The molecule has 0 aromatic rings. The second kappa shape index (κ2) is 3.81. The summed E-state index contributed by atoms with van der Waals surface area (Å²) >= 11 is 10.0. The molecule has 1 nitrogen and oxygen atoms in total. The van der Waals surface area contributed by atoms with E-state index in [4.69, 9.17) is 16.3 Å². The molecule has 3 aliphatic rings. The van der Waals surface area contributed by atoms with Crippen LogP contribution in [0.2, 0.25) is 0 Å². The molecular weight excluding hydrogens is 275 g/mol. The Morgan fingerprint density at radius 1 is 1.40 bits per heavy atom. The third-order valence-corrected chi connectivity index (χ3v) is 5.01. The fourth-order valence-electron chi connectivity index (χ4n) is 2.92. The second-order valence-electron chi connectivity index (χ2n) is 4.56. The first-order chi connectivity index (χ1) is 7.27. The van der Waals surface area contributed by atoms with Crippen LogP contribution in [0.25, 0.3) is 0 Å². The number of rotatable bonds is 0. The van der Waals surface area contributed by atoms with Gasteiger partial charge in [0, 0.05) is 10.7 Å². The first-order valence-electron chi connectivity index (χ1n) is 5.67. The van der Waals surface area contributed by atoms with Gasteiger partial charge < -0.3 is 4.74 Å². The summed E-state index contributed by atoms with van der Waals surface area (Å²) in [5.41, 5.74) is 1.37. The summed E-state index contributed by atoms with van der Waals surface area (Å²) in [6.45, 7) is 0. The Morgan fingerprint density at radius 2 is 2.27 bits per heavy atom. The van der Waals surface area contributed by atoms with Gasteiger partial charge >= 0.3 is 0 Å². The van der Waals surface area contributed by atoms with Crippen LogP contribution in [0.5, 0.6) is 0 Å². The van der Waals surface area contributed by atoms with Gasteiger partial charge in [-0.25, -0.2) is 0 Å². The zero-order valence-corrected chi connectivity index (χ0v) is 10.9. The fraction of sp³-hybridized carbons (Fsp3) is 0.667. The van der Waals surface area contributed by atoms with Gasteiger partial charge in [0.2, 0.25) is 0 Å². The van der Waals surface area contributed by atoms with Crippen molar-refractivity contribution < 1.29 is 4.74 Å². The van der Waals surface area contributed by atoms with Gasteiger partial charge in [0.15, 0.2) is 0 Å². The van der Waals surface area contributed by atoms with Crippen molar-refractivity contribution in [2.75, 3.05) is 0 Å². The predicted molar refractivity (Wildman–Crippen MR) is 65.1 cm³/mol. The van der Waals surface area contributed by atoms with Crippen LogP contribution in [-0.4, -0.2) is 10.9 Å². The second-order valence-corrected chi connectivity index (χ2v) is 6.19. The molecule has 3 heteroatoms. The zero-order chi connectivity index (χ0) is 10.4. The minimum Gasteiger partial charge on any atom is -0.488 e. The van der Waals surface area contributed by atoms with Gasteiger partial charge in [0.05, 0.1) is 5.03 Å². The Hall–Kier alpha value is 0.0500. The van der Waals surface area contributed by atoms with Crippen molar-refractivity contribution in [1.29, 1.82) is 0 Å². The molecule has 1 heterocycles. The maximum atomic E-state index is 6.23. The largest absolute Gasteiger partial charge is 0.488 e. The lowest BCUT2D eigenvalue weighted by molar-refractivity contribution is 0.102. The van der Waals surface area contributed by atoms with E-state index in [1.165, 1.54) is 24.8 Å². The van der Waals surface area contributed by atoms with E-state index in [1.807, 2.05) is 0 Å². The summed E-state index contributed by atoms with van der Waals surface area (Å²) in [7, 11) is 0. The average Bonchev–Trinajstić information content (AvgIpc) is 2.59. The molecule has 1 saturated heterocycles. The van der Waals surface area contributed by atoms with Gasteiger partial charge in [-0.3, -0.25) is 0 Å². The van der Waals surface area contributed by atoms with E-state index < -0.39 is 0 Å². The van der Waals surface area contributed by atoms with Crippen molar-refractivity contribution in [3.05, 3.63) is 22.4 Å². The molecule has 0 N–H and O–H groups in total. The molecule has 1 saturated carbocycles. The monoisotopic (exact) mass is 288 g/mol. The minimum atomic E-state index is 0.372. The standard InChI is InChI=1S/C12H14BrClO/c13-8-4-2-6-10-11(8)7-3-1-5-9(14)12(7)15-10/h3,8,10-11H,1-2,4-6H2. The van der Waals surface area contributed by atoms with Crippen molar-refractivity contribution in [3.63, 3.8) is 0 Å². The summed E-state index contributed by atoms with van der Waals surface area (Å²) in [6.07, 6.45) is 8.42. The average molecular weight is 290 g/mol. The molecular formula is C12H14BrClO. The van der Waals surface area contributed by atoms with E-state index in [2.05, 4.69) is 22.0 Å². The summed E-state index contributed by atoms with van der Waals surface area (Å²) in [6, 6.07) is 0. The fourth-order valence-corrected chi connectivity index (χ4v) is 4.13. The van der Waals surface area contributed by atoms with E-state index >= 15 is 0 Å². The molecule has 0 radical (unpaired) electrons. The van der Waals surface area contributed by atoms with Crippen LogP contribution in [0.3, 0.4) is 0 Å². The molecule has 0 amide bonds. The first-order valence-corrected chi connectivity index (χ1v) is 6.96. The summed E-state index contributed by atoms with van der Waals surface area (Å²) in [4.78, 5) is 0.572. The van der Waals surface area contributed by atoms with Crippen LogP contribution >= 0.6 is 27.5 Å². The van der Waals surface area contributed by atoms with Crippen LogP contribution < -0.4 is 0 Å². The molecule has 3 atom stereocenters. The number of alkyl halides is 1. The predicted octanol–water partition coefficient (Wildman–Crippen LogP) is 4.12. The highest BCUT2D eigenvalue weighted by Gasteiger charge is 2.44. The Labute approximate surface area is 104 Å². The van der Waals surface area contributed by atoms with Gasteiger partial charge in [-0.2, -0.15) is 0 Å². The molecule has 82 valence electrons. The molecule has 0 bridgehead atoms. The highest BCUT2D eigenvalue weighted by molar-refractivity contribution is 9.09. The van der Waals surface area contributed by atoms with E-state index in [0.29, 0.717) is 16.8 Å². The number of hydrogen-bond acceptors (Lipinski definition) is 1. The van der Waals surface area contributed by atoms with Crippen molar-refractivity contribution in [3.8, 4) is 0 Å². The maximum absolute atomic E-state index is 6.23. The van der Waals surface area contributed by atoms with Crippen LogP contribution in [-0.2, 0) is 4.74 Å². The Bertz CT molecular complexity index is 348. The number of ether oxygens (including phenoxy) is 1. The Kier molecular flexibility index (Phi) is 2.60. The van der Waals surface area contributed by atoms with Gasteiger partial charge in [-0.15, -0.1) is 0 Å². The summed E-state index contributed by atoms with van der Waals surface area (Å²) in [5, 5.41) is 0.932. The van der Waals surface area contributed by atoms with Crippen LogP contribution in [0.1, 0.15) is 32.1 Å². The third kappa shape index (κ3) is 1.57. The molecule has 3 unspecified atom stereocenters. The van der Waals surface area contributed by atoms with Crippen molar-refractivity contribution in [2.24, 2.45) is 5.92 Å². The first kappa shape index (κ1) is 10.2. The number of allylic oxidation sites excluding steroid dienone is 3. The zero-order valence-electron chi connectivity index (χ0n) is 8.51. The van der Waals surface area contributed by atoms with Crippen molar-refractivity contribution in [2.45, 2.75) is 43.0 Å². The molecule has 0 aromatic heterocycles. The van der Waals surface area contributed by atoms with E-state index in [-0.39, 0.29) is 0 Å². The van der Waals surface area contributed by atoms with E-state index in [9.17, 15) is 0 Å². The Morgan fingerprint density at radius 3 is 3.13 bits per heavy atom. The molecule has 2 aliphatic carbocycles. The maximum Gasteiger partial charge on any atom is 0.137 e. The molecule has 2 fully saturated rings. The van der Waals surface area contributed by atoms with Gasteiger partial charge in [0.25, 0.3) is 0 Å². The third-order valence-electron chi connectivity index (χ3n) is 3.62. The normalized spacial score (nSPS) is 39.3. The highest BCUT2D eigenvalue weighted by atomic mass is 79.9. The number of halogens is 2. The molecule has 15 heavy (non-hydrogen) atoms. The Balaban J connectivity index is 1.99.